The van der Waals surface area contributed by atoms with E-state index in [1.165, 1.54) is 12.1 Å². The number of ether oxygens (including phenoxy) is 1. The van der Waals surface area contributed by atoms with Gasteiger partial charge in [-0.2, -0.15) is 0 Å². The second-order valence-corrected chi connectivity index (χ2v) is 6.91. The van der Waals surface area contributed by atoms with E-state index in [0.29, 0.717) is 5.02 Å². The van der Waals surface area contributed by atoms with E-state index in [4.69, 9.17) is 27.9 Å². The minimum atomic E-state index is -0.934. The van der Waals surface area contributed by atoms with Crippen LogP contribution in [0.3, 0.4) is 0 Å². The Labute approximate surface area is 156 Å². The molecular weight excluding hydrogens is 361 g/mol. The predicted molar refractivity (Wildman–Crippen MR) is 98.4 cm³/mol. The fraction of sp³-hybridized carbons (Fsp3) is 0.263. The molecule has 4 nitrogen and oxygen atoms in total. The van der Waals surface area contributed by atoms with Crippen molar-refractivity contribution in [2.75, 3.05) is 4.90 Å². The van der Waals surface area contributed by atoms with Gasteiger partial charge in [0.15, 0.2) is 6.10 Å². The third-order valence-corrected chi connectivity index (χ3v) is 4.79. The van der Waals surface area contributed by atoms with E-state index in [1.54, 1.807) is 17.9 Å². The topological polar surface area (TPSA) is 46.6 Å². The fourth-order valence-electron chi connectivity index (χ4n) is 3.03. The zero-order chi connectivity index (χ0) is 18.1. The Hall–Kier alpha value is -2.04. The number of para-hydroxylation sites is 1. The number of nitrogens with zero attached hydrogens (tertiary/aromatic N) is 1. The van der Waals surface area contributed by atoms with Crippen LogP contribution in [0, 0.1) is 0 Å². The Kier molecular flexibility index (Phi) is 5.02. The van der Waals surface area contributed by atoms with Crippen molar-refractivity contribution >= 4 is 40.8 Å². The molecule has 0 saturated heterocycles. The zero-order valence-electron chi connectivity index (χ0n) is 13.8. The number of benzene rings is 2. The van der Waals surface area contributed by atoms with Crippen molar-refractivity contribution < 1.29 is 14.3 Å². The normalized spacial score (nSPS) is 17.1. The molecule has 0 aliphatic carbocycles. The number of amides is 1. The van der Waals surface area contributed by atoms with Crippen LogP contribution in [0.25, 0.3) is 0 Å². The van der Waals surface area contributed by atoms with Gasteiger partial charge in [-0.1, -0.05) is 41.4 Å². The molecule has 2 aromatic rings. The third kappa shape index (κ3) is 3.51. The quantitative estimate of drug-likeness (QED) is 0.738. The van der Waals surface area contributed by atoms with Crippen LogP contribution in [0.4, 0.5) is 5.69 Å². The zero-order valence-corrected chi connectivity index (χ0v) is 15.3. The molecule has 0 N–H and O–H groups in total. The lowest BCUT2D eigenvalue weighted by Crippen LogP contribution is -2.43. The van der Waals surface area contributed by atoms with Crippen molar-refractivity contribution in [1.82, 2.24) is 0 Å². The molecule has 1 aliphatic heterocycles. The van der Waals surface area contributed by atoms with E-state index in [0.717, 1.165) is 17.7 Å². The van der Waals surface area contributed by atoms with Gasteiger partial charge in [0.05, 0.1) is 10.6 Å². The molecule has 2 atom stereocenters. The molecule has 0 aromatic heterocycles. The molecule has 25 heavy (non-hydrogen) atoms. The third-order valence-electron chi connectivity index (χ3n) is 4.22. The Morgan fingerprint density at radius 3 is 2.68 bits per heavy atom. The number of rotatable bonds is 3. The molecule has 1 aliphatic rings. The highest BCUT2D eigenvalue weighted by atomic mass is 35.5. The van der Waals surface area contributed by atoms with Crippen molar-refractivity contribution in [3.05, 3.63) is 63.6 Å². The first-order valence-corrected chi connectivity index (χ1v) is 8.71. The average molecular weight is 378 g/mol. The smallest absolute Gasteiger partial charge is 0.340 e. The first kappa shape index (κ1) is 17.8. The van der Waals surface area contributed by atoms with Crippen LogP contribution < -0.4 is 4.90 Å². The second-order valence-electron chi connectivity index (χ2n) is 6.06. The van der Waals surface area contributed by atoms with Crippen molar-refractivity contribution in [2.45, 2.75) is 32.4 Å². The lowest BCUT2D eigenvalue weighted by molar-refractivity contribution is -0.126. The minimum absolute atomic E-state index is 0.0146. The molecule has 0 bridgehead atoms. The number of anilines is 1. The van der Waals surface area contributed by atoms with Gasteiger partial charge in [0, 0.05) is 16.8 Å². The van der Waals surface area contributed by atoms with E-state index in [2.05, 4.69) is 0 Å². The number of esters is 1. The SMILES string of the molecule is C[C@@H]1Cc2ccccc2N1C(=O)[C@@H](C)OC(=O)c1cc(Cl)ccc1Cl. The van der Waals surface area contributed by atoms with Gasteiger partial charge in [-0.25, -0.2) is 4.79 Å². The van der Waals surface area contributed by atoms with Crippen LogP contribution in [0.2, 0.25) is 10.0 Å². The van der Waals surface area contributed by atoms with Crippen LogP contribution in [-0.4, -0.2) is 24.0 Å². The van der Waals surface area contributed by atoms with Crippen molar-refractivity contribution in [1.29, 1.82) is 0 Å². The van der Waals surface area contributed by atoms with E-state index in [-0.39, 0.29) is 22.5 Å². The minimum Gasteiger partial charge on any atom is -0.449 e. The highest BCUT2D eigenvalue weighted by Gasteiger charge is 2.34. The number of fused-ring (bicyclic) bond motifs is 1. The molecule has 1 heterocycles. The molecule has 0 radical (unpaired) electrons. The molecular formula is C19H17Cl2NO3. The number of hydrogen-bond acceptors (Lipinski definition) is 3. The van der Waals surface area contributed by atoms with Crippen LogP contribution in [0.1, 0.15) is 29.8 Å². The first-order valence-electron chi connectivity index (χ1n) is 7.95. The molecule has 0 saturated carbocycles. The summed E-state index contributed by atoms with van der Waals surface area (Å²) in [6.07, 6.45) is -0.154. The second kappa shape index (κ2) is 7.06. The maximum atomic E-state index is 12.8. The summed E-state index contributed by atoms with van der Waals surface area (Å²) in [4.78, 5) is 26.9. The molecule has 0 fully saturated rings. The highest BCUT2D eigenvalue weighted by Crippen LogP contribution is 2.32. The Morgan fingerprint density at radius 1 is 1.20 bits per heavy atom. The van der Waals surface area contributed by atoms with E-state index < -0.39 is 12.1 Å². The summed E-state index contributed by atoms with van der Waals surface area (Å²) >= 11 is 11.9. The Morgan fingerprint density at radius 2 is 1.92 bits per heavy atom. The van der Waals surface area contributed by atoms with Gasteiger partial charge in [-0.05, 0) is 50.1 Å². The van der Waals surface area contributed by atoms with Crippen molar-refractivity contribution in [2.24, 2.45) is 0 Å². The summed E-state index contributed by atoms with van der Waals surface area (Å²) in [6.45, 7) is 3.53. The van der Waals surface area contributed by atoms with Gasteiger partial charge in [0.25, 0.3) is 5.91 Å². The van der Waals surface area contributed by atoms with Gasteiger partial charge in [0.2, 0.25) is 0 Å². The van der Waals surface area contributed by atoms with Crippen molar-refractivity contribution in [3.63, 3.8) is 0 Å². The number of carbonyl (C=O) groups is 2. The first-order chi connectivity index (χ1) is 11.9. The van der Waals surface area contributed by atoms with Gasteiger partial charge in [-0.15, -0.1) is 0 Å². The fourth-order valence-corrected chi connectivity index (χ4v) is 3.39. The summed E-state index contributed by atoms with van der Waals surface area (Å²) in [5.41, 5.74) is 2.12. The van der Waals surface area contributed by atoms with Crippen molar-refractivity contribution in [3.8, 4) is 0 Å². The maximum Gasteiger partial charge on any atom is 0.340 e. The molecule has 1 amide bonds. The number of carbonyl (C=O) groups excluding carboxylic acids is 2. The van der Waals surface area contributed by atoms with E-state index in [9.17, 15) is 9.59 Å². The van der Waals surface area contributed by atoms with Gasteiger partial charge >= 0.3 is 5.97 Å². The summed E-state index contributed by atoms with van der Waals surface area (Å²) in [5.74, 6) is -0.933. The molecule has 0 unspecified atom stereocenters. The molecule has 130 valence electrons. The van der Waals surface area contributed by atoms with Crippen LogP contribution in [-0.2, 0) is 16.0 Å². The Balaban J connectivity index is 1.77. The van der Waals surface area contributed by atoms with E-state index >= 15 is 0 Å². The Bertz CT molecular complexity index is 837. The van der Waals surface area contributed by atoms with Crippen LogP contribution in [0.5, 0.6) is 0 Å². The van der Waals surface area contributed by atoms with Crippen LogP contribution in [0.15, 0.2) is 42.5 Å². The van der Waals surface area contributed by atoms with E-state index in [1.807, 2.05) is 31.2 Å². The van der Waals surface area contributed by atoms with Gasteiger partial charge in [0.1, 0.15) is 0 Å². The summed E-state index contributed by atoms with van der Waals surface area (Å²) in [5, 5.41) is 0.603. The largest absolute Gasteiger partial charge is 0.449 e. The summed E-state index contributed by atoms with van der Waals surface area (Å²) < 4.78 is 5.34. The summed E-state index contributed by atoms with van der Waals surface area (Å²) in [6, 6.07) is 12.3. The lowest BCUT2D eigenvalue weighted by Gasteiger charge is -2.26. The molecule has 3 rings (SSSR count). The standard InChI is InChI=1S/C19H17Cl2NO3/c1-11-9-13-5-3-4-6-17(13)22(11)18(23)12(2)25-19(24)15-10-14(20)7-8-16(15)21/h3-8,10-12H,9H2,1-2H3/t11-,12-/m1/s1. The van der Waals surface area contributed by atoms with Gasteiger partial charge < -0.3 is 9.64 Å². The maximum absolute atomic E-state index is 12.8. The summed E-state index contributed by atoms with van der Waals surface area (Å²) in [7, 11) is 0. The molecule has 2 aromatic carbocycles. The predicted octanol–water partition coefficient (Wildman–Crippen LogP) is 4.52. The number of hydrogen-bond donors (Lipinski definition) is 0. The lowest BCUT2D eigenvalue weighted by atomic mass is 10.1. The number of halogens is 2. The molecule has 6 heteroatoms. The highest BCUT2D eigenvalue weighted by molar-refractivity contribution is 6.35. The van der Waals surface area contributed by atoms with Gasteiger partial charge in [-0.3, -0.25) is 4.79 Å². The molecule has 0 spiro atoms. The monoisotopic (exact) mass is 377 g/mol. The average Bonchev–Trinajstić information content (AvgIpc) is 2.91. The van der Waals surface area contributed by atoms with Crippen LogP contribution >= 0.6 is 23.2 Å².